The van der Waals surface area contributed by atoms with Gasteiger partial charge in [-0.15, -0.1) is 0 Å². The van der Waals surface area contributed by atoms with Crippen LogP contribution in [0.3, 0.4) is 0 Å². The molecule has 27 heavy (non-hydrogen) atoms. The third-order valence-electron chi connectivity index (χ3n) is 4.83. The summed E-state index contributed by atoms with van der Waals surface area (Å²) in [6.45, 7) is 2.09. The van der Waals surface area contributed by atoms with Crippen molar-refractivity contribution in [2.45, 2.75) is 6.04 Å². The molecule has 1 N–H and O–H groups in total. The number of benzene rings is 2. The van der Waals surface area contributed by atoms with Gasteiger partial charge in [-0.1, -0.05) is 42.5 Å². The first-order valence-electron chi connectivity index (χ1n) is 9.02. The predicted molar refractivity (Wildman–Crippen MR) is 103 cm³/mol. The third kappa shape index (κ3) is 3.57. The third-order valence-corrected chi connectivity index (χ3v) is 4.83. The first-order valence-corrected chi connectivity index (χ1v) is 9.02. The molecule has 2 aromatic carbocycles. The van der Waals surface area contributed by atoms with Gasteiger partial charge in [-0.05, 0) is 17.7 Å². The number of carbonyl (C=O) groups is 1. The van der Waals surface area contributed by atoms with Gasteiger partial charge in [0.15, 0.2) is 0 Å². The first kappa shape index (κ1) is 17.3. The highest BCUT2D eigenvalue weighted by Gasteiger charge is 2.26. The van der Waals surface area contributed by atoms with Gasteiger partial charge in [-0.25, -0.2) is 4.68 Å². The Bertz CT molecular complexity index is 923. The van der Waals surface area contributed by atoms with Crippen molar-refractivity contribution >= 4 is 5.91 Å². The number of nitrogens with zero attached hydrogens (tertiary/aromatic N) is 3. The Morgan fingerprint density at radius 2 is 1.93 bits per heavy atom. The van der Waals surface area contributed by atoms with Crippen LogP contribution in [0.5, 0.6) is 5.75 Å². The predicted octanol–water partition coefficient (Wildman–Crippen LogP) is 2.67. The minimum absolute atomic E-state index is 0.00132. The zero-order valence-electron chi connectivity index (χ0n) is 15.2. The highest BCUT2D eigenvalue weighted by Crippen LogP contribution is 2.23. The molecule has 2 heterocycles. The standard InChI is InChI=1S/C21H22N4O2/c1-27-20-10-6-5-9-19(20)25-14-17(13-23-25)21(26)24-12-11-22-18(15-24)16-7-3-2-4-8-16/h2-10,13-14,18,22H,11-12,15H2,1H3/t18-/m0/s1. The van der Waals surface area contributed by atoms with E-state index in [1.807, 2.05) is 47.4 Å². The number of rotatable bonds is 4. The topological polar surface area (TPSA) is 59.4 Å². The van der Waals surface area contributed by atoms with Gasteiger partial charge in [0, 0.05) is 31.9 Å². The number of methoxy groups -OCH3 is 1. The van der Waals surface area contributed by atoms with Crippen molar-refractivity contribution in [3.8, 4) is 11.4 Å². The summed E-state index contributed by atoms with van der Waals surface area (Å²) in [7, 11) is 1.62. The lowest BCUT2D eigenvalue weighted by atomic mass is 10.0. The number of para-hydroxylation sites is 2. The fourth-order valence-corrected chi connectivity index (χ4v) is 3.41. The molecular weight excluding hydrogens is 340 g/mol. The van der Waals surface area contributed by atoms with Gasteiger partial charge in [0.25, 0.3) is 5.91 Å². The Morgan fingerprint density at radius 3 is 2.74 bits per heavy atom. The fourth-order valence-electron chi connectivity index (χ4n) is 3.41. The van der Waals surface area contributed by atoms with Gasteiger partial charge >= 0.3 is 0 Å². The van der Waals surface area contributed by atoms with Gasteiger partial charge in [-0.2, -0.15) is 5.10 Å². The summed E-state index contributed by atoms with van der Waals surface area (Å²) in [6.07, 6.45) is 3.38. The average Bonchev–Trinajstić information content (AvgIpc) is 3.24. The van der Waals surface area contributed by atoms with Crippen LogP contribution >= 0.6 is 0 Å². The normalized spacial score (nSPS) is 16.9. The van der Waals surface area contributed by atoms with E-state index in [1.54, 1.807) is 24.2 Å². The maximum Gasteiger partial charge on any atom is 0.257 e. The van der Waals surface area contributed by atoms with Gasteiger partial charge in [0.05, 0.1) is 18.9 Å². The van der Waals surface area contributed by atoms with Crippen LogP contribution in [0.1, 0.15) is 22.0 Å². The van der Waals surface area contributed by atoms with Gasteiger partial charge in [-0.3, -0.25) is 4.79 Å². The van der Waals surface area contributed by atoms with E-state index in [2.05, 4.69) is 22.5 Å². The second kappa shape index (κ2) is 7.63. The van der Waals surface area contributed by atoms with Crippen molar-refractivity contribution in [3.63, 3.8) is 0 Å². The summed E-state index contributed by atoms with van der Waals surface area (Å²) in [5.74, 6) is 0.712. The number of hydrogen-bond donors (Lipinski definition) is 1. The van der Waals surface area contributed by atoms with Gasteiger partial charge in [0.1, 0.15) is 11.4 Å². The van der Waals surface area contributed by atoms with Crippen molar-refractivity contribution in [2.75, 3.05) is 26.7 Å². The molecule has 1 saturated heterocycles. The van der Waals surface area contributed by atoms with Crippen LogP contribution < -0.4 is 10.1 Å². The lowest BCUT2D eigenvalue weighted by Gasteiger charge is -2.33. The molecule has 0 saturated carbocycles. The summed E-state index contributed by atoms with van der Waals surface area (Å²) >= 11 is 0. The van der Waals surface area contributed by atoms with Crippen LogP contribution in [0.2, 0.25) is 0 Å². The van der Waals surface area contributed by atoms with E-state index in [1.165, 1.54) is 5.56 Å². The molecule has 1 amide bonds. The summed E-state index contributed by atoms with van der Waals surface area (Å²) < 4.78 is 7.07. The van der Waals surface area contributed by atoms with Crippen LogP contribution in [0.15, 0.2) is 67.0 Å². The van der Waals surface area contributed by atoms with Crippen molar-refractivity contribution in [1.29, 1.82) is 0 Å². The van der Waals surface area contributed by atoms with Crippen LogP contribution in [0.4, 0.5) is 0 Å². The molecule has 1 fully saturated rings. The second-order valence-electron chi connectivity index (χ2n) is 6.51. The molecule has 138 valence electrons. The monoisotopic (exact) mass is 362 g/mol. The molecule has 3 aromatic rings. The minimum Gasteiger partial charge on any atom is -0.494 e. The van der Waals surface area contributed by atoms with Crippen LogP contribution in [0, 0.1) is 0 Å². The number of piperazine rings is 1. The fraction of sp³-hybridized carbons (Fsp3) is 0.238. The molecule has 6 heteroatoms. The molecule has 1 aliphatic rings. The second-order valence-corrected chi connectivity index (χ2v) is 6.51. The van der Waals surface area contributed by atoms with Crippen molar-refractivity contribution in [3.05, 3.63) is 78.1 Å². The Balaban J connectivity index is 1.52. The van der Waals surface area contributed by atoms with Crippen molar-refractivity contribution in [2.24, 2.45) is 0 Å². The molecule has 4 rings (SSSR count). The van der Waals surface area contributed by atoms with Gasteiger partial charge < -0.3 is 15.0 Å². The largest absolute Gasteiger partial charge is 0.494 e. The van der Waals surface area contributed by atoms with E-state index < -0.39 is 0 Å². The van der Waals surface area contributed by atoms with Crippen molar-refractivity contribution < 1.29 is 9.53 Å². The van der Waals surface area contributed by atoms with E-state index in [0.717, 1.165) is 12.2 Å². The molecule has 6 nitrogen and oxygen atoms in total. The Kier molecular flexibility index (Phi) is 4.89. The summed E-state index contributed by atoms with van der Waals surface area (Å²) in [5, 5.41) is 7.85. The maximum atomic E-state index is 13.0. The number of hydrogen-bond acceptors (Lipinski definition) is 4. The molecular formula is C21H22N4O2. The van der Waals surface area contributed by atoms with Gasteiger partial charge in [0.2, 0.25) is 0 Å². The van der Waals surface area contributed by atoms with E-state index in [9.17, 15) is 4.79 Å². The highest BCUT2D eigenvalue weighted by molar-refractivity contribution is 5.94. The van der Waals surface area contributed by atoms with E-state index >= 15 is 0 Å². The molecule has 1 atom stereocenters. The van der Waals surface area contributed by atoms with E-state index in [0.29, 0.717) is 24.4 Å². The first-order chi connectivity index (χ1) is 13.3. The average molecular weight is 362 g/mol. The minimum atomic E-state index is -0.00132. The molecule has 0 aliphatic carbocycles. The number of ether oxygens (including phenoxy) is 1. The van der Waals surface area contributed by atoms with Crippen LogP contribution in [-0.2, 0) is 0 Å². The summed E-state index contributed by atoms with van der Waals surface area (Å²) in [6, 6.07) is 18.0. The number of nitrogens with one attached hydrogen (secondary N) is 1. The zero-order valence-corrected chi connectivity index (χ0v) is 15.2. The lowest BCUT2D eigenvalue weighted by Crippen LogP contribution is -2.48. The maximum absolute atomic E-state index is 13.0. The zero-order chi connectivity index (χ0) is 18.6. The molecule has 0 spiro atoms. The van der Waals surface area contributed by atoms with E-state index in [-0.39, 0.29) is 11.9 Å². The number of aromatic nitrogens is 2. The lowest BCUT2D eigenvalue weighted by molar-refractivity contribution is 0.0703. The van der Waals surface area contributed by atoms with Crippen LogP contribution in [-0.4, -0.2) is 47.3 Å². The smallest absolute Gasteiger partial charge is 0.257 e. The Labute approximate surface area is 158 Å². The Morgan fingerprint density at radius 1 is 1.15 bits per heavy atom. The molecule has 1 aromatic heterocycles. The molecule has 0 bridgehead atoms. The quantitative estimate of drug-likeness (QED) is 0.775. The van der Waals surface area contributed by atoms with Crippen LogP contribution in [0.25, 0.3) is 5.69 Å². The summed E-state index contributed by atoms with van der Waals surface area (Å²) in [5.41, 5.74) is 2.58. The molecule has 0 radical (unpaired) electrons. The SMILES string of the molecule is COc1ccccc1-n1cc(C(=O)N2CCN[C@H](c3ccccc3)C2)cn1. The highest BCUT2D eigenvalue weighted by atomic mass is 16.5. The Hall–Kier alpha value is -3.12. The number of carbonyl (C=O) groups excluding carboxylic acids is 1. The summed E-state index contributed by atoms with van der Waals surface area (Å²) in [4.78, 5) is 14.9. The molecule has 0 unspecified atom stereocenters. The van der Waals surface area contributed by atoms with E-state index in [4.69, 9.17) is 4.74 Å². The number of amides is 1. The van der Waals surface area contributed by atoms with Crippen molar-refractivity contribution in [1.82, 2.24) is 20.0 Å². The molecule has 1 aliphatic heterocycles.